The third-order valence-electron chi connectivity index (χ3n) is 11.8. The molecular formula is C34H44N6O4SSi. The standard InChI is InChI=1S/C34H44N6O4SSi/c1-32(2)20-23-21-39(32)30-25(31(41)38-45(42,43)29-7-5-6-24(35-29)12-19-46(3,4)22-23)8-9-27(36-30)40-17-10-28(37-40)44-18-11-26-33(13-14-33)34(26)15-16-34/h5-10,17,23,26H,11-16,18-22H2,1-4H3,(H,38,41). The molecule has 0 radical (unpaired) electrons. The fourth-order valence-corrected chi connectivity index (χ4v) is 13.2. The Labute approximate surface area is 272 Å². The number of hydrogen-bond acceptors (Lipinski definition) is 8. The fourth-order valence-electron chi connectivity index (χ4n) is 9.32. The lowest BCUT2D eigenvalue weighted by Crippen LogP contribution is -2.41. The molecule has 1 N–H and O–H groups in total. The van der Waals surface area contributed by atoms with Crippen molar-refractivity contribution in [3.63, 3.8) is 0 Å². The molecule has 4 fully saturated rings. The Morgan fingerprint density at radius 3 is 2.54 bits per heavy atom. The molecule has 2 spiro atoms. The van der Waals surface area contributed by atoms with Crippen LogP contribution in [0.3, 0.4) is 0 Å². The van der Waals surface area contributed by atoms with Crippen LogP contribution in [-0.2, 0) is 16.4 Å². The smallest absolute Gasteiger partial charge is 0.281 e. The SMILES string of the molecule is CC1(C)CC2CN1c1nc(-n3ccc(OCCC4C5(CC5)C45CC5)n3)ccc1C(=O)NS(=O)(=O)c1cccc(n1)CC[Si](C)(C)C2. The quantitative estimate of drug-likeness (QED) is 0.351. The number of pyridine rings is 2. The Hall–Kier alpha value is -3.25. The molecular weight excluding hydrogens is 617 g/mol. The Balaban J connectivity index is 1.09. The Bertz CT molecular complexity index is 1810. The van der Waals surface area contributed by atoms with Crippen LogP contribution in [0.25, 0.3) is 5.82 Å². The van der Waals surface area contributed by atoms with Gasteiger partial charge in [-0.2, -0.15) is 8.42 Å². The average Bonchev–Trinajstić information content (AvgIpc) is 3.95. The van der Waals surface area contributed by atoms with Gasteiger partial charge in [0, 0.05) is 38.1 Å². The van der Waals surface area contributed by atoms with Gasteiger partial charge < -0.3 is 9.64 Å². The highest BCUT2D eigenvalue weighted by atomic mass is 32.2. The van der Waals surface area contributed by atoms with E-state index in [0.29, 0.717) is 40.9 Å². The number of hydrogen-bond donors (Lipinski definition) is 1. The molecule has 5 heterocycles. The number of aryl methyl sites for hydroxylation is 1. The number of anilines is 1. The first-order chi connectivity index (χ1) is 21.8. The molecule has 1 saturated heterocycles. The first-order valence-electron chi connectivity index (χ1n) is 16.8. The van der Waals surface area contributed by atoms with Crippen molar-refractivity contribution in [2.24, 2.45) is 22.7 Å². The second-order valence-corrected chi connectivity index (χ2v) is 22.8. The molecule has 46 heavy (non-hydrogen) atoms. The highest BCUT2D eigenvalue weighted by molar-refractivity contribution is 7.90. The van der Waals surface area contributed by atoms with Gasteiger partial charge in [-0.25, -0.2) is 19.4 Å². The van der Waals surface area contributed by atoms with Crippen molar-refractivity contribution >= 4 is 29.8 Å². The van der Waals surface area contributed by atoms with Gasteiger partial charge >= 0.3 is 0 Å². The third kappa shape index (κ3) is 5.06. The summed E-state index contributed by atoms with van der Waals surface area (Å²) in [5, 5.41) is 4.53. The van der Waals surface area contributed by atoms with Crippen molar-refractivity contribution in [3.8, 4) is 11.7 Å². The topological polar surface area (TPSA) is 119 Å². The van der Waals surface area contributed by atoms with E-state index in [-0.39, 0.29) is 16.1 Å². The molecule has 1 unspecified atom stereocenters. The number of rotatable bonds is 5. The van der Waals surface area contributed by atoms with Crippen LogP contribution in [0.15, 0.2) is 47.6 Å². The van der Waals surface area contributed by atoms with Gasteiger partial charge in [-0.3, -0.25) is 4.79 Å². The van der Waals surface area contributed by atoms with Crippen LogP contribution < -0.4 is 14.4 Å². The number of aromatic nitrogens is 4. The molecule has 1 atom stereocenters. The largest absolute Gasteiger partial charge is 0.477 e. The number of amides is 1. The first kappa shape index (κ1) is 30.1. The number of fused-ring (bicyclic) bond motifs is 7. The summed E-state index contributed by atoms with van der Waals surface area (Å²) in [6.07, 6.45) is 10.2. The lowest BCUT2D eigenvalue weighted by molar-refractivity contribution is 0.0981. The van der Waals surface area contributed by atoms with Gasteiger partial charge in [0.15, 0.2) is 10.8 Å². The number of nitrogens with one attached hydrogen (secondary N) is 1. The Morgan fingerprint density at radius 1 is 1.04 bits per heavy atom. The number of carbonyl (C=O) groups is 1. The monoisotopic (exact) mass is 660 g/mol. The summed E-state index contributed by atoms with van der Waals surface area (Å²) in [6, 6.07) is 12.4. The van der Waals surface area contributed by atoms with E-state index in [2.05, 4.69) is 46.6 Å². The van der Waals surface area contributed by atoms with Crippen molar-refractivity contribution in [3.05, 3.63) is 53.9 Å². The summed E-state index contributed by atoms with van der Waals surface area (Å²) in [5.74, 6) is 2.10. The van der Waals surface area contributed by atoms with Crippen LogP contribution in [0.2, 0.25) is 25.2 Å². The second kappa shape index (κ2) is 10.1. The van der Waals surface area contributed by atoms with E-state index in [9.17, 15) is 13.2 Å². The molecule has 3 aromatic heterocycles. The molecule has 3 saturated carbocycles. The predicted molar refractivity (Wildman–Crippen MR) is 178 cm³/mol. The summed E-state index contributed by atoms with van der Waals surface area (Å²) in [7, 11) is -5.85. The van der Waals surface area contributed by atoms with E-state index in [0.717, 1.165) is 49.5 Å². The summed E-state index contributed by atoms with van der Waals surface area (Å²) in [4.78, 5) is 25.4. The lowest BCUT2D eigenvalue weighted by atomic mass is 9.97. The van der Waals surface area contributed by atoms with Crippen LogP contribution in [-0.4, -0.2) is 60.8 Å². The van der Waals surface area contributed by atoms with Crippen LogP contribution >= 0.6 is 0 Å². The zero-order valence-corrected chi connectivity index (χ0v) is 29.1. The van der Waals surface area contributed by atoms with Gasteiger partial charge in [0.05, 0.1) is 12.2 Å². The zero-order valence-electron chi connectivity index (χ0n) is 27.3. The van der Waals surface area contributed by atoms with E-state index in [4.69, 9.17) is 9.72 Å². The van der Waals surface area contributed by atoms with Crippen LogP contribution in [0.1, 0.15) is 68.4 Å². The number of nitrogens with zero attached hydrogens (tertiary/aromatic N) is 5. The molecule has 4 bridgehead atoms. The number of sulfonamides is 1. The highest BCUT2D eigenvalue weighted by Crippen LogP contribution is 2.93. The summed E-state index contributed by atoms with van der Waals surface area (Å²) >= 11 is 0. The zero-order chi connectivity index (χ0) is 32.1. The van der Waals surface area contributed by atoms with Crippen molar-refractivity contribution in [1.29, 1.82) is 0 Å². The summed E-state index contributed by atoms with van der Waals surface area (Å²) < 4.78 is 36.8. The second-order valence-electron chi connectivity index (χ2n) is 15.9. The van der Waals surface area contributed by atoms with Gasteiger partial charge in [-0.15, -0.1) is 5.10 Å². The normalized spacial score (nSPS) is 26.1. The first-order valence-corrected chi connectivity index (χ1v) is 21.7. The molecule has 1 amide bonds. The summed E-state index contributed by atoms with van der Waals surface area (Å²) in [5.41, 5.74) is 2.00. The molecule has 3 aromatic rings. The molecule has 8 rings (SSSR count). The van der Waals surface area contributed by atoms with E-state index in [1.54, 1.807) is 22.9 Å². The van der Waals surface area contributed by atoms with Gasteiger partial charge in [0.1, 0.15) is 5.82 Å². The van der Waals surface area contributed by atoms with Crippen molar-refractivity contribution in [1.82, 2.24) is 24.5 Å². The van der Waals surface area contributed by atoms with Crippen LogP contribution in [0, 0.1) is 22.7 Å². The van der Waals surface area contributed by atoms with E-state index >= 15 is 0 Å². The highest BCUT2D eigenvalue weighted by Gasteiger charge is 2.85. The molecule has 244 valence electrons. The fraction of sp³-hybridized carbons (Fsp3) is 0.588. The minimum absolute atomic E-state index is 0.147. The molecule has 0 aromatic carbocycles. The number of ether oxygens (including phenoxy) is 1. The predicted octanol–water partition coefficient (Wildman–Crippen LogP) is 5.61. The Kier molecular flexibility index (Phi) is 6.62. The van der Waals surface area contributed by atoms with Gasteiger partial charge in [0.2, 0.25) is 5.88 Å². The van der Waals surface area contributed by atoms with Gasteiger partial charge in [-0.1, -0.05) is 31.2 Å². The van der Waals surface area contributed by atoms with Crippen LogP contribution in [0.4, 0.5) is 5.82 Å². The Morgan fingerprint density at radius 2 is 1.80 bits per heavy atom. The van der Waals surface area contributed by atoms with Crippen LogP contribution in [0.5, 0.6) is 5.88 Å². The maximum atomic E-state index is 13.8. The van der Waals surface area contributed by atoms with Crippen molar-refractivity contribution in [2.45, 2.75) is 94.5 Å². The third-order valence-corrected chi connectivity index (χ3v) is 16.3. The molecule has 5 aliphatic rings. The molecule has 2 aliphatic heterocycles. The summed E-state index contributed by atoms with van der Waals surface area (Å²) in [6.45, 7) is 10.6. The van der Waals surface area contributed by atoms with Gasteiger partial charge in [0.25, 0.3) is 15.9 Å². The molecule has 10 nitrogen and oxygen atoms in total. The average molecular weight is 661 g/mol. The molecule has 3 aliphatic carbocycles. The maximum absolute atomic E-state index is 13.8. The molecule has 12 heteroatoms. The van der Waals surface area contributed by atoms with Crippen molar-refractivity contribution < 1.29 is 17.9 Å². The van der Waals surface area contributed by atoms with E-state index in [1.165, 1.54) is 31.7 Å². The minimum atomic E-state index is -4.20. The minimum Gasteiger partial charge on any atom is -0.477 e. The van der Waals surface area contributed by atoms with E-state index in [1.807, 2.05) is 18.3 Å². The van der Waals surface area contributed by atoms with E-state index < -0.39 is 24.0 Å². The van der Waals surface area contributed by atoms with Crippen molar-refractivity contribution in [2.75, 3.05) is 18.1 Å². The van der Waals surface area contributed by atoms with Gasteiger partial charge in [-0.05, 0) is 106 Å². The number of carbonyl (C=O) groups excluding carboxylic acids is 1. The lowest BCUT2D eigenvalue weighted by Gasteiger charge is -2.34. The maximum Gasteiger partial charge on any atom is 0.281 e.